The fourth-order valence-corrected chi connectivity index (χ4v) is 3.50. The number of carbonyl (C=O) groups excluding carboxylic acids is 2. The molecule has 0 bridgehead atoms. The van der Waals surface area contributed by atoms with Gasteiger partial charge < -0.3 is 10.6 Å². The molecule has 0 aromatic heterocycles. The number of nitrogens with one attached hydrogen (secondary N) is 2. The minimum atomic E-state index is 0.141. The molecule has 114 valence electrons. The highest BCUT2D eigenvalue weighted by atomic mass is 16.2. The van der Waals surface area contributed by atoms with Crippen molar-refractivity contribution in [1.82, 2.24) is 10.6 Å². The van der Waals surface area contributed by atoms with Crippen molar-refractivity contribution in [3.8, 4) is 0 Å². The molecule has 0 atom stereocenters. The lowest BCUT2D eigenvalue weighted by Crippen LogP contribution is -2.35. The molecule has 2 N–H and O–H groups in total. The third kappa shape index (κ3) is 5.51. The fourth-order valence-electron chi connectivity index (χ4n) is 3.50. The predicted molar refractivity (Wildman–Crippen MR) is 79.2 cm³/mol. The van der Waals surface area contributed by atoms with E-state index in [-0.39, 0.29) is 11.8 Å². The predicted octanol–water partition coefficient (Wildman–Crippen LogP) is 2.38. The SMILES string of the molecule is O=C(CC1CCCC1)NCCNC(=O)CC1CCCC1. The van der Waals surface area contributed by atoms with Crippen molar-refractivity contribution in [2.45, 2.75) is 64.2 Å². The minimum absolute atomic E-state index is 0.141. The Morgan fingerprint density at radius 2 is 1.05 bits per heavy atom. The Bertz CT molecular complexity index is 286. The van der Waals surface area contributed by atoms with E-state index in [0.717, 1.165) is 0 Å². The van der Waals surface area contributed by atoms with E-state index in [2.05, 4.69) is 10.6 Å². The molecule has 0 aromatic rings. The molecule has 0 radical (unpaired) electrons. The molecular weight excluding hydrogens is 252 g/mol. The van der Waals surface area contributed by atoms with Crippen molar-refractivity contribution >= 4 is 11.8 Å². The molecule has 0 unspecified atom stereocenters. The summed E-state index contributed by atoms with van der Waals surface area (Å²) in [6, 6.07) is 0. The van der Waals surface area contributed by atoms with Crippen LogP contribution in [0.25, 0.3) is 0 Å². The number of amides is 2. The van der Waals surface area contributed by atoms with Crippen molar-refractivity contribution in [1.29, 1.82) is 0 Å². The molecule has 0 spiro atoms. The first kappa shape index (κ1) is 15.3. The van der Waals surface area contributed by atoms with E-state index in [1.807, 2.05) is 0 Å². The summed E-state index contributed by atoms with van der Waals surface area (Å²) >= 11 is 0. The van der Waals surface area contributed by atoms with E-state index in [9.17, 15) is 9.59 Å². The Hall–Kier alpha value is -1.06. The topological polar surface area (TPSA) is 58.2 Å². The van der Waals surface area contributed by atoms with E-state index in [0.29, 0.717) is 37.8 Å². The molecule has 20 heavy (non-hydrogen) atoms. The van der Waals surface area contributed by atoms with Gasteiger partial charge in [0.1, 0.15) is 0 Å². The summed E-state index contributed by atoms with van der Waals surface area (Å²) in [6.45, 7) is 1.12. The Balaban J connectivity index is 1.47. The lowest BCUT2D eigenvalue weighted by atomic mass is 10.0. The smallest absolute Gasteiger partial charge is 0.220 e. The Labute approximate surface area is 122 Å². The fraction of sp³-hybridized carbons (Fsp3) is 0.875. The second-order valence-corrected chi connectivity index (χ2v) is 6.41. The summed E-state index contributed by atoms with van der Waals surface area (Å²) in [6.07, 6.45) is 11.2. The van der Waals surface area contributed by atoms with Gasteiger partial charge in [0.2, 0.25) is 11.8 Å². The van der Waals surface area contributed by atoms with E-state index < -0.39 is 0 Å². The maximum atomic E-state index is 11.7. The number of hydrogen-bond donors (Lipinski definition) is 2. The Kier molecular flexibility index (Phi) is 6.34. The third-order valence-corrected chi connectivity index (χ3v) is 4.67. The summed E-state index contributed by atoms with van der Waals surface area (Å²) in [4.78, 5) is 23.4. The van der Waals surface area contributed by atoms with Gasteiger partial charge in [0.05, 0.1) is 0 Å². The summed E-state index contributed by atoms with van der Waals surface area (Å²) in [5.41, 5.74) is 0. The highest BCUT2D eigenvalue weighted by Gasteiger charge is 2.19. The second kappa shape index (κ2) is 8.28. The van der Waals surface area contributed by atoms with Gasteiger partial charge in [0.15, 0.2) is 0 Å². The summed E-state index contributed by atoms with van der Waals surface area (Å²) in [5.74, 6) is 1.46. The van der Waals surface area contributed by atoms with Crippen LogP contribution in [0.2, 0.25) is 0 Å². The van der Waals surface area contributed by atoms with Crippen LogP contribution in [0.3, 0.4) is 0 Å². The van der Waals surface area contributed by atoms with Crippen LogP contribution in [0.15, 0.2) is 0 Å². The third-order valence-electron chi connectivity index (χ3n) is 4.67. The van der Waals surface area contributed by atoms with Gasteiger partial charge in [-0.3, -0.25) is 9.59 Å². The van der Waals surface area contributed by atoms with Crippen molar-refractivity contribution in [2.24, 2.45) is 11.8 Å². The largest absolute Gasteiger partial charge is 0.354 e. The van der Waals surface area contributed by atoms with E-state index in [4.69, 9.17) is 0 Å². The van der Waals surface area contributed by atoms with Crippen LogP contribution >= 0.6 is 0 Å². The molecule has 0 heterocycles. The van der Waals surface area contributed by atoms with Crippen LogP contribution in [0.5, 0.6) is 0 Å². The average molecular weight is 280 g/mol. The lowest BCUT2D eigenvalue weighted by Gasteiger charge is -2.11. The molecule has 2 aliphatic rings. The van der Waals surface area contributed by atoms with Crippen LogP contribution in [-0.4, -0.2) is 24.9 Å². The van der Waals surface area contributed by atoms with Crippen LogP contribution < -0.4 is 10.6 Å². The Morgan fingerprint density at radius 3 is 1.40 bits per heavy atom. The van der Waals surface area contributed by atoms with Crippen molar-refractivity contribution in [3.05, 3.63) is 0 Å². The van der Waals surface area contributed by atoms with Gasteiger partial charge in [0, 0.05) is 25.9 Å². The molecule has 0 aromatic carbocycles. The maximum absolute atomic E-state index is 11.7. The standard InChI is InChI=1S/C16H28N2O2/c19-15(11-13-5-1-2-6-13)17-9-10-18-16(20)12-14-7-3-4-8-14/h13-14H,1-12H2,(H,17,19)(H,18,20). The second-order valence-electron chi connectivity index (χ2n) is 6.41. The molecule has 0 saturated heterocycles. The van der Waals surface area contributed by atoms with Crippen molar-refractivity contribution < 1.29 is 9.59 Å². The zero-order valence-electron chi connectivity index (χ0n) is 12.5. The zero-order valence-corrected chi connectivity index (χ0v) is 12.5. The minimum Gasteiger partial charge on any atom is -0.354 e. The van der Waals surface area contributed by atoms with Gasteiger partial charge in [-0.15, -0.1) is 0 Å². The molecule has 2 fully saturated rings. The van der Waals surface area contributed by atoms with Gasteiger partial charge in [-0.2, -0.15) is 0 Å². The first-order valence-corrected chi connectivity index (χ1v) is 8.27. The van der Waals surface area contributed by atoms with Crippen molar-refractivity contribution in [3.63, 3.8) is 0 Å². The van der Waals surface area contributed by atoms with Crippen LogP contribution in [0.1, 0.15) is 64.2 Å². The van der Waals surface area contributed by atoms with Gasteiger partial charge in [0.25, 0.3) is 0 Å². The summed E-state index contributed by atoms with van der Waals surface area (Å²) in [5, 5.41) is 5.81. The molecule has 2 amide bonds. The lowest BCUT2D eigenvalue weighted by molar-refractivity contribution is -0.123. The maximum Gasteiger partial charge on any atom is 0.220 e. The molecule has 4 nitrogen and oxygen atoms in total. The average Bonchev–Trinajstić information content (AvgIpc) is 3.08. The normalized spacial score (nSPS) is 20.2. The van der Waals surface area contributed by atoms with Gasteiger partial charge in [-0.25, -0.2) is 0 Å². The number of hydrogen-bond acceptors (Lipinski definition) is 2. The molecule has 4 heteroatoms. The monoisotopic (exact) mass is 280 g/mol. The van der Waals surface area contributed by atoms with Gasteiger partial charge in [-0.05, 0) is 37.5 Å². The Morgan fingerprint density at radius 1 is 0.700 bits per heavy atom. The van der Waals surface area contributed by atoms with Crippen LogP contribution in [0, 0.1) is 11.8 Å². The molecule has 2 aliphatic carbocycles. The van der Waals surface area contributed by atoms with Crippen LogP contribution in [-0.2, 0) is 9.59 Å². The highest BCUT2D eigenvalue weighted by Crippen LogP contribution is 2.27. The quantitative estimate of drug-likeness (QED) is 0.703. The van der Waals surface area contributed by atoms with Gasteiger partial charge in [-0.1, -0.05) is 25.7 Å². The molecule has 2 saturated carbocycles. The molecule has 2 rings (SSSR count). The van der Waals surface area contributed by atoms with E-state index in [1.54, 1.807) is 0 Å². The number of rotatable bonds is 7. The van der Waals surface area contributed by atoms with E-state index >= 15 is 0 Å². The van der Waals surface area contributed by atoms with Gasteiger partial charge >= 0.3 is 0 Å². The summed E-state index contributed by atoms with van der Waals surface area (Å²) < 4.78 is 0. The first-order chi connectivity index (χ1) is 9.74. The van der Waals surface area contributed by atoms with E-state index in [1.165, 1.54) is 51.4 Å². The summed E-state index contributed by atoms with van der Waals surface area (Å²) in [7, 11) is 0. The molecular formula is C16H28N2O2. The first-order valence-electron chi connectivity index (χ1n) is 8.27. The van der Waals surface area contributed by atoms with Crippen molar-refractivity contribution in [2.75, 3.05) is 13.1 Å². The zero-order chi connectivity index (χ0) is 14.2. The van der Waals surface area contributed by atoms with Crippen LogP contribution in [0.4, 0.5) is 0 Å². The molecule has 0 aliphatic heterocycles. The number of carbonyl (C=O) groups is 2. The highest BCUT2D eigenvalue weighted by molar-refractivity contribution is 5.77.